The molecule has 0 radical (unpaired) electrons. The number of aliphatic hydroxyl groups is 1. The second kappa shape index (κ2) is 3.82. The highest BCUT2D eigenvalue weighted by atomic mass is 16.6. The average Bonchev–Trinajstić information content (AvgIpc) is 2.08. The Bertz CT molecular complexity index is 196. The second-order valence-corrected chi connectivity index (χ2v) is 5.39. The molecule has 2 nitrogen and oxygen atoms in total. The predicted octanol–water partition coefficient (Wildman–Crippen LogP) is 2.66. The molecule has 84 valence electrons. The van der Waals surface area contributed by atoms with Crippen LogP contribution in [0.4, 0.5) is 0 Å². The third kappa shape index (κ3) is 1.96. The van der Waals surface area contributed by atoms with Crippen molar-refractivity contribution in [2.75, 3.05) is 0 Å². The molecule has 0 bridgehead atoms. The smallest absolute Gasteiger partial charge is 0.165 e. The van der Waals surface area contributed by atoms with E-state index in [-0.39, 0.29) is 12.0 Å². The summed E-state index contributed by atoms with van der Waals surface area (Å²) in [5.74, 6) is 0.733. The van der Waals surface area contributed by atoms with Crippen LogP contribution in [0.5, 0.6) is 0 Å². The minimum Gasteiger partial charge on any atom is -0.365 e. The first kappa shape index (κ1) is 12.0. The second-order valence-electron chi connectivity index (χ2n) is 5.39. The molecule has 0 spiro atoms. The molecule has 0 aromatic heterocycles. The number of rotatable bonds is 1. The van der Waals surface area contributed by atoms with Crippen LogP contribution in [0.3, 0.4) is 0 Å². The summed E-state index contributed by atoms with van der Waals surface area (Å²) in [5.41, 5.74) is 0. The predicted molar refractivity (Wildman–Crippen MR) is 57.8 cm³/mol. The first-order valence-electron chi connectivity index (χ1n) is 5.67. The van der Waals surface area contributed by atoms with Crippen molar-refractivity contribution in [1.29, 1.82) is 0 Å². The molecule has 0 amide bonds. The quantitative estimate of drug-likeness (QED) is 0.705. The minimum atomic E-state index is -0.957. The van der Waals surface area contributed by atoms with Gasteiger partial charge in [-0.1, -0.05) is 34.6 Å². The zero-order valence-corrected chi connectivity index (χ0v) is 10.2. The minimum absolute atomic E-state index is 0.177. The van der Waals surface area contributed by atoms with Crippen LogP contribution < -0.4 is 0 Å². The van der Waals surface area contributed by atoms with Crippen molar-refractivity contribution in [2.45, 2.75) is 53.4 Å². The van der Waals surface area contributed by atoms with Crippen LogP contribution in [-0.2, 0) is 4.74 Å². The highest BCUT2D eigenvalue weighted by Gasteiger charge is 2.46. The Kier molecular flexibility index (Phi) is 3.27. The van der Waals surface area contributed by atoms with Crippen LogP contribution in [0.2, 0.25) is 0 Å². The molecule has 1 N–H and O–H groups in total. The van der Waals surface area contributed by atoms with Gasteiger partial charge in [0.25, 0.3) is 0 Å². The molecule has 1 saturated heterocycles. The molecule has 0 aliphatic carbocycles. The molecule has 0 saturated carbocycles. The fraction of sp³-hybridized carbons (Fsp3) is 1.00. The van der Waals surface area contributed by atoms with Crippen LogP contribution in [0.1, 0.15) is 41.5 Å². The van der Waals surface area contributed by atoms with Crippen molar-refractivity contribution in [1.82, 2.24) is 0 Å². The van der Waals surface area contributed by atoms with Gasteiger partial charge in [0, 0.05) is 5.92 Å². The molecule has 1 aliphatic rings. The molecular formula is C12H24O2. The average molecular weight is 200 g/mol. The van der Waals surface area contributed by atoms with E-state index in [0.717, 1.165) is 0 Å². The van der Waals surface area contributed by atoms with E-state index in [1.807, 2.05) is 0 Å². The van der Waals surface area contributed by atoms with E-state index in [4.69, 9.17) is 4.74 Å². The lowest BCUT2D eigenvalue weighted by Crippen LogP contribution is -2.53. The summed E-state index contributed by atoms with van der Waals surface area (Å²) in [5, 5.41) is 10.1. The van der Waals surface area contributed by atoms with Gasteiger partial charge in [0.05, 0.1) is 6.10 Å². The molecule has 1 aliphatic heterocycles. The van der Waals surface area contributed by atoms with Gasteiger partial charge < -0.3 is 9.84 Å². The standard InChI is InChI=1S/C12H24O2/c1-7(2)11-9(4)8(3)10(5)12(6,13)14-11/h7-11,13H,1-6H3/t8-,9-,10+,11+,12?/m0/s1. The normalized spacial score (nSPS) is 49.7. The summed E-state index contributed by atoms with van der Waals surface area (Å²) < 4.78 is 5.79. The van der Waals surface area contributed by atoms with E-state index in [1.54, 1.807) is 6.92 Å². The van der Waals surface area contributed by atoms with Crippen LogP contribution in [0.25, 0.3) is 0 Å². The SMILES string of the molecule is CC(C)[C@H]1OC(C)(O)[C@H](C)[C@@H](C)[C@@H]1C. The fourth-order valence-corrected chi connectivity index (χ4v) is 2.48. The van der Waals surface area contributed by atoms with Crippen molar-refractivity contribution in [3.8, 4) is 0 Å². The van der Waals surface area contributed by atoms with E-state index in [1.165, 1.54) is 0 Å². The number of ether oxygens (including phenoxy) is 1. The van der Waals surface area contributed by atoms with Crippen molar-refractivity contribution in [2.24, 2.45) is 23.7 Å². The molecule has 5 atom stereocenters. The lowest BCUT2D eigenvalue weighted by atomic mass is 9.73. The maximum atomic E-state index is 10.1. The Morgan fingerprint density at radius 3 is 2.07 bits per heavy atom. The van der Waals surface area contributed by atoms with Crippen molar-refractivity contribution in [3.05, 3.63) is 0 Å². The zero-order valence-electron chi connectivity index (χ0n) is 10.2. The van der Waals surface area contributed by atoms with Gasteiger partial charge in [-0.05, 0) is 24.7 Å². The van der Waals surface area contributed by atoms with Gasteiger partial charge in [-0.3, -0.25) is 0 Å². The zero-order chi connectivity index (χ0) is 11.1. The van der Waals surface area contributed by atoms with Gasteiger partial charge in [0.1, 0.15) is 0 Å². The van der Waals surface area contributed by atoms with Gasteiger partial charge in [0.15, 0.2) is 5.79 Å². The van der Waals surface area contributed by atoms with Crippen LogP contribution in [0, 0.1) is 23.7 Å². The van der Waals surface area contributed by atoms with Gasteiger partial charge in [-0.25, -0.2) is 0 Å². The lowest BCUT2D eigenvalue weighted by Gasteiger charge is -2.48. The molecule has 1 fully saturated rings. The summed E-state index contributed by atoms with van der Waals surface area (Å²) in [6.07, 6.45) is 0.177. The Morgan fingerprint density at radius 1 is 1.14 bits per heavy atom. The molecule has 1 heterocycles. The van der Waals surface area contributed by atoms with Crippen molar-refractivity contribution < 1.29 is 9.84 Å². The van der Waals surface area contributed by atoms with Gasteiger partial charge in [-0.15, -0.1) is 0 Å². The maximum absolute atomic E-state index is 10.1. The fourth-order valence-electron chi connectivity index (χ4n) is 2.48. The summed E-state index contributed by atoms with van der Waals surface area (Å²) in [7, 11) is 0. The summed E-state index contributed by atoms with van der Waals surface area (Å²) in [6.45, 7) is 12.6. The number of hydrogen-bond acceptors (Lipinski definition) is 2. The third-order valence-corrected chi connectivity index (χ3v) is 4.01. The summed E-state index contributed by atoms with van der Waals surface area (Å²) in [4.78, 5) is 0. The Morgan fingerprint density at radius 2 is 1.64 bits per heavy atom. The van der Waals surface area contributed by atoms with Crippen molar-refractivity contribution >= 4 is 0 Å². The molecule has 1 rings (SSSR count). The van der Waals surface area contributed by atoms with Crippen LogP contribution >= 0.6 is 0 Å². The van der Waals surface area contributed by atoms with Gasteiger partial charge >= 0.3 is 0 Å². The van der Waals surface area contributed by atoms with Crippen molar-refractivity contribution in [3.63, 3.8) is 0 Å². The molecule has 14 heavy (non-hydrogen) atoms. The molecule has 1 unspecified atom stereocenters. The molecule has 0 aromatic carbocycles. The maximum Gasteiger partial charge on any atom is 0.165 e. The monoisotopic (exact) mass is 200 g/mol. The Balaban J connectivity index is 2.85. The summed E-state index contributed by atoms with van der Waals surface area (Å²) in [6, 6.07) is 0. The lowest BCUT2D eigenvalue weighted by molar-refractivity contribution is -0.303. The van der Waals surface area contributed by atoms with Gasteiger partial charge in [-0.2, -0.15) is 0 Å². The van der Waals surface area contributed by atoms with Gasteiger partial charge in [0.2, 0.25) is 0 Å². The third-order valence-electron chi connectivity index (χ3n) is 4.01. The highest BCUT2D eigenvalue weighted by molar-refractivity contribution is 4.88. The number of hydrogen-bond donors (Lipinski definition) is 1. The molecule has 2 heteroatoms. The largest absolute Gasteiger partial charge is 0.365 e. The first-order valence-corrected chi connectivity index (χ1v) is 5.67. The Hall–Kier alpha value is -0.0800. The van der Waals surface area contributed by atoms with Crippen LogP contribution in [-0.4, -0.2) is 17.0 Å². The van der Waals surface area contributed by atoms with E-state index in [0.29, 0.717) is 17.8 Å². The highest BCUT2D eigenvalue weighted by Crippen LogP contribution is 2.41. The van der Waals surface area contributed by atoms with E-state index >= 15 is 0 Å². The summed E-state index contributed by atoms with van der Waals surface area (Å²) >= 11 is 0. The van der Waals surface area contributed by atoms with Crippen LogP contribution in [0.15, 0.2) is 0 Å². The first-order chi connectivity index (χ1) is 6.27. The van der Waals surface area contributed by atoms with E-state index in [9.17, 15) is 5.11 Å². The Labute approximate surface area is 87.7 Å². The molecule has 0 aromatic rings. The van der Waals surface area contributed by atoms with E-state index in [2.05, 4.69) is 34.6 Å². The van der Waals surface area contributed by atoms with E-state index < -0.39 is 5.79 Å². The molecular weight excluding hydrogens is 176 g/mol. The topological polar surface area (TPSA) is 29.5 Å².